The summed E-state index contributed by atoms with van der Waals surface area (Å²) in [6.45, 7) is 3.40. The zero-order chi connectivity index (χ0) is 13.0. The highest BCUT2D eigenvalue weighted by Crippen LogP contribution is 2.37. The van der Waals surface area contributed by atoms with E-state index in [1.165, 1.54) is 18.4 Å². The van der Waals surface area contributed by atoms with E-state index in [9.17, 15) is 5.11 Å². The van der Waals surface area contributed by atoms with Crippen LogP contribution in [0.3, 0.4) is 0 Å². The number of benzene rings is 1. The van der Waals surface area contributed by atoms with Gasteiger partial charge in [-0.05, 0) is 31.4 Å². The fourth-order valence-corrected chi connectivity index (χ4v) is 3.45. The van der Waals surface area contributed by atoms with E-state index in [-0.39, 0.29) is 5.41 Å². The molecule has 0 bridgehead atoms. The molecule has 2 nitrogen and oxygen atoms in total. The van der Waals surface area contributed by atoms with Crippen LogP contribution in [-0.2, 0) is 0 Å². The van der Waals surface area contributed by atoms with E-state index >= 15 is 0 Å². The fourth-order valence-electron chi connectivity index (χ4n) is 2.82. The summed E-state index contributed by atoms with van der Waals surface area (Å²) in [5, 5.41) is 13.2. The third kappa shape index (κ3) is 3.14. The van der Waals surface area contributed by atoms with Crippen LogP contribution in [0, 0.1) is 5.41 Å². The van der Waals surface area contributed by atoms with E-state index < -0.39 is 0 Å². The van der Waals surface area contributed by atoms with Crippen LogP contribution in [0.25, 0.3) is 0 Å². The first-order valence-electron chi connectivity index (χ1n) is 6.76. The monoisotopic (exact) mass is 311 g/mol. The number of rotatable bonds is 5. The molecule has 1 fully saturated rings. The second-order valence-corrected chi connectivity index (χ2v) is 6.34. The second kappa shape index (κ2) is 6.18. The molecule has 1 atom stereocenters. The van der Waals surface area contributed by atoms with Crippen molar-refractivity contribution < 1.29 is 5.11 Å². The molecule has 0 heterocycles. The highest BCUT2D eigenvalue weighted by Gasteiger charge is 2.33. The standard InChI is InChI=1S/C15H22BrNO/c1-12(13-6-2-3-7-14(13)16)17-10-15(11-18)8-4-5-9-15/h2-3,6-7,12,17-18H,4-5,8-11H2,1H3. The molecule has 2 N–H and O–H groups in total. The van der Waals surface area contributed by atoms with Crippen molar-refractivity contribution in [3.05, 3.63) is 34.3 Å². The summed E-state index contributed by atoms with van der Waals surface area (Å²) in [5.41, 5.74) is 1.40. The Labute approximate surface area is 118 Å². The van der Waals surface area contributed by atoms with Crippen molar-refractivity contribution in [3.63, 3.8) is 0 Å². The molecule has 1 aromatic carbocycles. The SMILES string of the molecule is CC(NCC1(CO)CCCC1)c1ccccc1Br. The maximum Gasteiger partial charge on any atom is 0.0499 e. The van der Waals surface area contributed by atoms with E-state index in [0.717, 1.165) is 23.9 Å². The second-order valence-electron chi connectivity index (χ2n) is 5.49. The summed E-state index contributed by atoms with van der Waals surface area (Å²) in [7, 11) is 0. The number of hydrogen-bond donors (Lipinski definition) is 2. The lowest BCUT2D eigenvalue weighted by atomic mass is 9.87. The minimum atomic E-state index is 0.121. The van der Waals surface area contributed by atoms with Crippen molar-refractivity contribution in [3.8, 4) is 0 Å². The molecule has 1 aliphatic carbocycles. The molecule has 1 aromatic rings. The maximum absolute atomic E-state index is 9.61. The van der Waals surface area contributed by atoms with E-state index in [4.69, 9.17) is 0 Å². The van der Waals surface area contributed by atoms with Gasteiger partial charge >= 0.3 is 0 Å². The molecule has 0 radical (unpaired) electrons. The summed E-state index contributed by atoms with van der Waals surface area (Å²) in [5.74, 6) is 0. The first kappa shape index (κ1) is 14.0. The highest BCUT2D eigenvalue weighted by atomic mass is 79.9. The molecule has 1 aliphatic rings. The Balaban J connectivity index is 1.96. The van der Waals surface area contributed by atoms with Crippen molar-refractivity contribution in [1.29, 1.82) is 0 Å². The van der Waals surface area contributed by atoms with Gasteiger partial charge in [0.05, 0.1) is 0 Å². The van der Waals surface area contributed by atoms with Crippen LogP contribution in [-0.4, -0.2) is 18.3 Å². The third-order valence-corrected chi connectivity index (χ3v) is 4.88. The van der Waals surface area contributed by atoms with E-state index in [1.54, 1.807) is 0 Å². The van der Waals surface area contributed by atoms with Gasteiger partial charge in [0.1, 0.15) is 0 Å². The normalized spacial score (nSPS) is 19.9. The number of halogens is 1. The van der Waals surface area contributed by atoms with Gasteiger partial charge in [0, 0.05) is 29.1 Å². The lowest BCUT2D eigenvalue weighted by molar-refractivity contribution is 0.125. The summed E-state index contributed by atoms with van der Waals surface area (Å²) in [6.07, 6.45) is 4.82. The van der Waals surface area contributed by atoms with Gasteiger partial charge in [-0.1, -0.05) is 47.0 Å². The summed E-state index contributed by atoms with van der Waals surface area (Å²) < 4.78 is 1.15. The molecule has 100 valence electrons. The predicted octanol–water partition coefficient (Wildman–Crippen LogP) is 3.65. The first-order valence-corrected chi connectivity index (χ1v) is 7.55. The molecule has 1 unspecified atom stereocenters. The lowest BCUT2D eigenvalue weighted by Crippen LogP contribution is -2.36. The minimum Gasteiger partial charge on any atom is -0.396 e. The van der Waals surface area contributed by atoms with Gasteiger partial charge in [0.15, 0.2) is 0 Å². The quantitative estimate of drug-likeness (QED) is 0.870. The van der Waals surface area contributed by atoms with Crippen molar-refractivity contribution in [1.82, 2.24) is 5.32 Å². The van der Waals surface area contributed by atoms with Crippen LogP contribution in [0.4, 0.5) is 0 Å². The summed E-state index contributed by atoms with van der Waals surface area (Å²) >= 11 is 3.59. The van der Waals surface area contributed by atoms with Gasteiger partial charge in [-0.3, -0.25) is 0 Å². The zero-order valence-corrected chi connectivity index (χ0v) is 12.5. The van der Waals surface area contributed by atoms with Gasteiger partial charge in [0.25, 0.3) is 0 Å². The molecule has 1 saturated carbocycles. The molecular formula is C15H22BrNO. The highest BCUT2D eigenvalue weighted by molar-refractivity contribution is 9.10. The van der Waals surface area contributed by atoms with Crippen LogP contribution in [0.5, 0.6) is 0 Å². The molecule has 0 spiro atoms. The number of hydrogen-bond acceptors (Lipinski definition) is 2. The van der Waals surface area contributed by atoms with Gasteiger partial charge < -0.3 is 10.4 Å². The molecular weight excluding hydrogens is 290 g/mol. The Kier molecular flexibility index (Phi) is 4.82. The van der Waals surface area contributed by atoms with Crippen LogP contribution in [0.2, 0.25) is 0 Å². The molecule has 0 saturated heterocycles. The zero-order valence-electron chi connectivity index (χ0n) is 11.0. The Morgan fingerprint density at radius 1 is 1.33 bits per heavy atom. The van der Waals surface area contributed by atoms with Crippen LogP contribution < -0.4 is 5.32 Å². The van der Waals surface area contributed by atoms with Crippen LogP contribution >= 0.6 is 15.9 Å². The van der Waals surface area contributed by atoms with Crippen molar-refractivity contribution in [2.75, 3.05) is 13.2 Å². The van der Waals surface area contributed by atoms with Gasteiger partial charge in [-0.25, -0.2) is 0 Å². The third-order valence-electron chi connectivity index (χ3n) is 4.15. The first-order chi connectivity index (χ1) is 8.67. The Morgan fingerprint density at radius 3 is 2.61 bits per heavy atom. The Hall–Kier alpha value is -0.380. The predicted molar refractivity (Wildman–Crippen MR) is 78.5 cm³/mol. The topological polar surface area (TPSA) is 32.3 Å². The minimum absolute atomic E-state index is 0.121. The number of aliphatic hydroxyl groups is 1. The molecule has 0 aliphatic heterocycles. The Bertz CT molecular complexity index is 388. The van der Waals surface area contributed by atoms with E-state index in [1.807, 2.05) is 6.07 Å². The average molecular weight is 312 g/mol. The van der Waals surface area contributed by atoms with Crippen LogP contribution in [0.1, 0.15) is 44.2 Å². The molecule has 0 amide bonds. The number of nitrogens with one attached hydrogen (secondary N) is 1. The smallest absolute Gasteiger partial charge is 0.0499 e. The molecule has 3 heteroatoms. The van der Waals surface area contributed by atoms with Crippen LogP contribution in [0.15, 0.2) is 28.7 Å². The van der Waals surface area contributed by atoms with Crippen molar-refractivity contribution in [2.45, 2.75) is 38.6 Å². The molecule has 2 rings (SSSR count). The summed E-state index contributed by atoms with van der Waals surface area (Å²) in [6, 6.07) is 8.62. The lowest BCUT2D eigenvalue weighted by Gasteiger charge is -2.29. The summed E-state index contributed by atoms with van der Waals surface area (Å²) in [4.78, 5) is 0. The fraction of sp³-hybridized carbons (Fsp3) is 0.600. The van der Waals surface area contributed by atoms with E-state index in [2.05, 4.69) is 46.4 Å². The van der Waals surface area contributed by atoms with Gasteiger partial charge in [0.2, 0.25) is 0 Å². The maximum atomic E-state index is 9.61. The van der Waals surface area contributed by atoms with Gasteiger partial charge in [-0.15, -0.1) is 0 Å². The van der Waals surface area contributed by atoms with Crippen molar-refractivity contribution >= 4 is 15.9 Å². The van der Waals surface area contributed by atoms with Gasteiger partial charge in [-0.2, -0.15) is 0 Å². The molecule has 0 aromatic heterocycles. The van der Waals surface area contributed by atoms with E-state index in [0.29, 0.717) is 12.6 Å². The van der Waals surface area contributed by atoms with Crippen molar-refractivity contribution in [2.24, 2.45) is 5.41 Å². The largest absolute Gasteiger partial charge is 0.396 e. The Morgan fingerprint density at radius 2 is 2.00 bits per heavy atom. The number of aliphatic hydroxyl groups excluding tert-OH is 1. The average Bonchev–Trinajstić information content (AvgIpc) is 2.86. The molecule has 18 heavy (non-hydrogen) atoms.